The molecular weight excluding hydrogens is 438 g/mol. The molecule has 7 heteroatoms. The molecule has 1 aromatic heterocycles. The number of carbonyl (C=O) groups is 1. The van der Waals surface area contributed by atoms with Crippen LogP contribution in [0.5, 0.6) is 5.75 Å². The normalized spacial score (nSPS) is 16.0. The molecule has 0 spiro atoms. The van der Waals surface area contributed by atoms with E-state index in [1.165, 1.54) is 0 Å². The first-order valence-electron chi connectivity index (χ1n) is 11.6. The average Bonchev–Trinajstić information content (AvgIpc) is 2.90. The maximum absolute atomic E-state index is 14.1. The number of nitrogens with one attached hydrogen (secondary N) is 1. The Labute approximate surface area is 205 Å². The van der Waals surface area contributed by atoms with Gasteiger partial charge in [-0.2, -0.15) is 4.98 Å². The Morgan fingerprint density at radius 2 is 1.60 bits per heavy atom. The number of aromatic nitrogens is 2. The largest absolute Gasteiger partial charge is 0.497 e. The fraction of sp³-hybridized carbons (Fsp3) is 0.179. The smallest absolute Gasteiger partial charge is 0.331 e. The van der Waals surface area contributed by atoms with Crippen LogP contribution in [0, 0.1) is 0 Å². The summed E-state index contributed by atoms with van der Waals surface area (Å²) in [6.07, 6.45) is 1.81. The summed E-state index contributed by atoms with van der Waals surface area (Å²) >= 11 is 0. The van der Waals surface area contributed by atoms with E-state index in [2.05, 4.69) is 10.3 Å². The number of para-hydroxylation sites is 1. The molecule has 2 unspecified atom stereocenters. The molecule has 0 radical (unpaired) electrons. The molecular formula is C28H27N5O2. The highest BCUT2D eigenvalue weighted by Gasteiger charge is 2.40. The zero-order chi connectivity index (χ0) is 24.4. The molecule has 1 N–H and O–H groups in total. The molecule has 0 aliphatic carbocycles. The highest BCUT2D eigenvalue weighted by Crippen LogP contribution is 2.42. The van der Waals surface area contributed by atoms with Gasteiger partial charge in [-0.15, -0.1) is 0 Å². The summed E-state index contributed by atoms with van der Waals surface area (Å²) in [6.45, 7) is 4.02. The van der Waals surface area contributed by atoms with Gasteiger partial charge in [0.1, 0.15) is 11.6 Å². The summed E-state index contributed by atoms with van der Waals surface area (Å²) in [6, 6.07) is 26.6. The van der Waals surface area contributed by atoms with Crippen LogP contribution in [-0.4, -0.2) is 23.1 Å². The molecule has 7 nitrogen and oxygen atoms in total. The van der Waals surface area contributed by atoms with Gasteiger partial charge in [-0.25, -0.2) is 9.78 Å². The van der Waals surface area contributed by atoms with Crippen molar-refractivity contribution in [2.75, 3.05) is 22.2 Å². The zero-order valence-corrected chi connectivity index (χ0v) is 19.9. The lowest BCUT2D eigenvalue weighted by Gasteiger charge is -2.42. The number of urea groups is 1. The van der Waals surface area contributed by atoms with Crippen LogP contribution in [0.3, 0.4) is 0 Å². The highest BCUT2D eigenvalue weighted by molar-refractivity contribution is 6.06. The number of anilines is 4. The van der Waals surface area contributed by atoms with Gasteiger partial charge in [0.05, 0.1) is 19.2 Å². The van der Waals surface area contributed by atoms with Crippen molar-refractivity contribution in [1.82, 2.24) is 9.97 Å². The first-order chi connectivity index (χ1) is 17.1. The Bertz CT molecular complexity index is 1310. The lowest BCUT2D eigenvalue weighted by atomic mass is 10.0. The number of carbonyl (C=O) groups excluding carboxylic acids is 1. The van der Waals surface area contributed by atoms with Gasteiger partial charge in [0.2, 0.25) is 5.95 Å². The molecule has 0 saturated carbocycles. The van der Waals surface area contributed by atoms with E-state index in [0.29, 0.717) is 11.8 Å². The third-order valence-electron chi connectivity index (χ3n) is 6.32. The number of hydrogen-bond donors (Lipinski definition) is 1. The first-order valence-corrected chi connectivity index (χ1v) is 11.6. The fourth-order valence-electron chi connectivity index (χ4n) is 4.40. The van der Waals surface area contributed by atoms with Crippen molar-refractivity contribution in [3.05, 3.63) is 102 Å². The number of amides is 2. The van der Waals surface area contributed by atoms with Gasteiger partial charge in [-0.1, -0.05) is 48.5 Å². The van der Waals surface area contributed by atoms with Crippen LogP contribution >= 0.6 is 0 Å². The molecule has 176 valence electrons. The first kappa shape index (κ1) is 22.4. The van der Waals surface area contributed by atoms with Gasteiger partial charge in [0.25, 0.3) is 0 Å². The van der Waals surface area contributed by atoms with Crippen molar-refractivity contribution < 1.29 is 9.53 Å². The molecule has 4 aromatic rings. The minimum absolute atomic E-state index is 0.143. The topological polar surface area (TPSA) is 70.6 Å². The predicted octanol–water partition coefficient (Wildman–Crippen LogP) is 6.50. The third kappa shape index (κ3) is 4.28. The number of fused-ring (bicyclic) bond motifs is 1. The molecule has 0 saturated heterocycles. The SMILES string of the molecule is COc1ccc(N2C(=O)N(C(C)c3ccccc3)c3nc(Nc4ccccc4)ncc3C2C)cc1. The fourth-order valence-corrected chi connectivity index (χ4v) is 4.40. The van der Waals surface area contributed by atoms with Gasteiger partial charge in [-0.05, 0) is 55.8 Å². The molecule has 2 atom stereocenters. The van der Waals surface area contributed by atoms with Crippen LogP contribution in [0.4, 0.5) is 27.9 Å². The van der Waals surface area contributed by atoms with Crippen molar-refractivity contribution in [3.8, 4) is 5.75 Å². The Kier molecular flexibility index (Phi) is 6.06. The molecule has 1 aliphatic rings. The molecule has 2 amide bonds. The van der Waals surface area contributed by atoms with E-state index in [1.807, 2.05) is 105 Å². The number of hydrogen-bond acceptors (Lipinski definition) is 5. The Balaban J connectivity index is 1.60. The van der Waals surface area contributed by atoms with Crippen LogP contribution in [0.15, 0.2) is 91.1 Å². The molecule has 0 fully saturated rings. The number of rotatable bonds is 6. The third-order valence-corrected chi connectivity index (χ3v) is 6.32. The van der Waals surface area contributed by atoms with E-state index < -0.39 is 0 Å². The van der Waals surface area contributed by atoms with E-state index >= 15 is 0 Å². The zero-order valence-electron chi connectivity index (χ0n) is 19.9. The van der Waals surface area contributed by atoms with E-state index in [0.717, 1.165) is 28.3 Å². The average molecular weight is 466 g/mol. The lowest BCUT2D eigenvalue weighted by molar-refractivity contribution is 0.246. The van der Waals surface area contributed by atoms with Gasteiger partial charge >= 0.3 is 6.03 Å². The summed E-state index contributed by atoms with van der Waals surface area (Å²) in [4.78, 5) is 27.0. The number of ether oxygens (including phenoxy) is 1. The second-order valence-electron chi connectivity index (χ2n) is 8.45. The maximum atomic E-state index is 14.1. The van der Waals surface area contributed by atoms with E-state index in [-0.39, 0.29) is 18.1 Å². The van der Waals surface area contributed by atoms with Gasteiger partial charge < -0.3 is 10.1 Å². The minimum atomic E-state index is -0.254. The predicted molar refractivity (Wildman–Crippen MR) is 138 cm³/mol. The molecule has 1 aliphatic heterocycles. The summed E-state index contributed by atoms with van der Waals surface area (Å²) in [5, 5.41) is 3.25. The Hall–Kier alpha value is -4.39. The van der Waals surface area contributed by atoms with Crippen LogP contribution in [-0.2, 0) is 0 Å². The van der Waals surface area contributed by atoms with Crippen molar-refractivity contribution in [3.63, 3.8) is 0 Å². The van der Waals surface area contributed by atoms with Crippen molar-refractivity contribution >= 4 is 29.2 Å². The summed E-state index contributed by atoms with van der Waals surface area (Å²) in [7, 11) is 1.63. The molecule has 35 heavy (non-hydrogen) atoms. The summed E-state index contributed by atoms with van der Waals surface area (Å²) < 4.78 is 5.30. The lowest BCUT2D eigenvalue weighted by Crippen LogP contribution is -2.50. The maximum Gasteiger partial charge on any atom is 0.331 e. The van der Waals surface area contributed by atoms with Gasteiger partial charge in [0.15, 0.2) is 0 Å². The van der Waals surface area contributed by atoms with Crippen LogP contribution in [0.2, 0.25) is 0 Å². The Morgan fingerprint density at radius 1 is 0.943 bits per heavy atom. The van der Waals surface area contributed by atoms with E-state index in [9.17, 15) is 4.79 Å². The van der Waals surface area contributed by atoms with Gasteiger partial charge in [0, 0.05) is 23.1 Å². The number of methoxy groups -OCH3 is 1. The van der Waals surface area contributed by atoms with Crippen LogP contribution < -0.4 is 19.9 Å². The van der Waals surface area contributed by atoms with Gasteiger partial charge in [-0.3, -0.25) is 9.80 Å². The van der Waals surface area contributed by atoms with Crippen LogP contribution in [0.1, 0.15) is 37.1 Å². The monoisotopic (exact) mass is 465 g/mol. The van der Waals surface area contributed by atoms with Crippen molar-refractivity contribution in [2.24, 2.45) is 0 Å². The molecule has 2 heterocycles. The van der Waals surface area contributed by atoms with E-state index in [4.69, 9.17) is 9.72 Å². The van der Waals surface area contributed by atoms with E-state index in [1.54, 1.807) is 16.9 Å². The number of benzene rings is 3. The summed E-state index contributed by atoms with van der Waals surface area (Å²) in [5.41, 5.74) is 3.56. The second kappa shape index (κ2) is 9.46. The molecule has 0 bridgehead atoms. The van der Waals surface area contributed by atoms with Crippen LogP contribution in [0.25, 0.3) is 0 Å². The van der Waals surface area contributed by atoms with Crippen molar-refractivity contribution in [2.45, 2.75) is 25.9 Å². The molecule has 3 aromatic carbocycles. The second-order valence-corrected chi connectivity index (χ2v) is 8.45. The standard InChI is InChI=1S/C28H27N5O2/c1-19(21-10-6-4-7-11-21)33-26-25(18-29-27(31-26)30-22-12-8-5-9-13-22)20(2)32(28(33)34)23-14-16-24(35-3)17-15-23/h4-20H,1-3H3,(H,29,30,31). The molecule has 5 rings (SSSR count). The Morgan fingerprint density at radius 3 is 2.26 bits per heavy atom. The minimum Gasteiger partial charge on any atom is -0.497 e. The summed E-state index contributed by atoms with van der Waals surface area (Å²) in [5.74, 6) is 1.79. The number of nitrogens with zero attached hydrogens (tertiary/aromatic N) is 4. The quantitative estimate of drug-likeness (QED) is 0.352. The highest BCUT2D eigenvalue weighted by atomic mass is 16.5. The van der Waals surface area contributed by atoms with Crippen molar-refractivity contribution in [1.29, 1.82) is 0 Å².